The number of amides is 1. The van der Waals surface area contributed by atoms with Gasteiger partial charge in [-0.1, -0.05) is 13.8 Å². The van der Waals surface area contributed by atoms with Gasteiger partial charge in [0.15, 0.2) is 0 Å². The van der Waals surface area contributed by atoms with E-state index in [1.54, 1.807) is 0 Å². The maximum Gasteiger partial charge on any atom is 0.242 e. The fourth-order valence-electron chi connectivity index (χ4n) is 3.42. The summed E-state index contributed by atoms with van der Waals surface area (Å²) in [4.78, 5) is 14.7. The van der Waals surface area contributed by atoms with Crippen molar-refractivity contribution < 1.29 is 4.79 Å². The highest BCUT2D eigenvalue weighted by molar-refractivity contribution is 5.86. The second kappa shape index (κ2) is 5.60. The summed E-state index contributed by atoms with van der Waals surface area (Å²) in [5.74, 6) is 1.89. The Balaban J connectivity index is 1.95. The first-order valence-electron chi connectivity index (χ1n) is 7.57. The number of carbonyl (C=O) groups excluding carboxylic acids is 1. The minimum absolute atomic E-state index is 0.280. The number of carbonyl (C=O) groups is 1. The maximum atomic E-state index is 12.6. The van der Waals surface area contributed by atoms with Gasteiger partial charge < -0.3 is 10.2 Å². The van der Waals surface area contributed by atoms with Gasteiger partial charge in [-0.3, -0.25) is 4.79 Å². The molecule has 2 heterocycles. The summed E-state index contributed by atoms with van der Waals surface area (Å²) in [6.07, 6.45) is 5.76. The standard InChI is InChI=1S/C15H28N2O/c1-12(2)13-6-4-10-17(11-7-13)14(18)15(3)8-5-9-16-15/h12-13,16H,4-11H2,1-3H3. The zero-order chi connectivity index (χ0) is 13.2. The van der Waals surface area contributed by atoms with Crippen molar-refractivity contribution in [1.29, 1.82) is 0 Å². The van der Waals surface area contributed by atoms with Crippen LogP contribution in [-0.4, -0.2) is 36.0 Å². The molecule has 3 heteroatoms. The van der Waals surface area contributed by atoms with Gasteiger partial charge in [-0.15, -0.1) is 0 Å². The van der Waals surface area contributed by atoms with Gasteiger partial charge in [0.25, 0.3) is 0 Å². The first kappa shape index (κ1) is 13.9. The Labute approximate surface area is 111 Å². The third-order valence-electron chi connectivity index (χ3n) is 4.84. The SMILES string of the molecule is CC(C)C1CCCN(C(=O)C2(C)CCCN2)CC1. The highest BCUT2D eigenvalue weighted by Crippen LogP contribution is 2.27. The molecule has 0 aromatic rings. The Morgan fingerprint density at radius 2 is 2.06 bits per heavy atom. The number of likely N-dealkylation sites (tertiary alicyclic amines) is 1. The molecule has 0 aliphatic carbocycles. The summed E-state index contributed by atoms with van der Waals surface area (Å²) in [7, 11) is 0. The second-order valence-corrected chi connectivity index (χ2v) is 6.59. The van der Waals surface area contributed by atoms with Crippen LogP contribution < -0.4 is 5.32 Å². The molecular weight excluding hydrogens is 224 g/mol. The van der Waals surface area contributed by atoms with Gasteiger partial charge in [0.1, 0.15) is 0 Å². The molecule has 2 aliphatic rings. The van der Waals surface area contributed by atoms with Crippen molar-refractivity contribution in [3.05, 3.63) is 0 Å². The van der Waals surface area contributed by atoms with Crippen LogP contribution in [-0.2, 0) is 4.79 Å². The van der Waals surface area contributed by atoms with E-state index in [-0.39, 0.29) is 5.54 Å². The average molecular weight is 252 g/mol. The van der Waals surface area contributed by atoms with Gasteiger partial charge in [0, 0.05) is 13.1 Å². The van der Waals surface area contributed by atoms with E-state index in [4.69, 9.17) is 0 Å². The molecule has 2 aliphatic heterocycles. The van der Waals surface area contributed by atoms with Crippen molar-refractivity contribution >= 4 is 5.91 Å². The molecule has 0 spiro atoms. The summed E-state index contributed by atoms with van der Waals surface area (Å²) in [6, 6.07) is 0. The summed E-state index contributed by atoms with van der Waals surface area (Å²) < 4.78 is 0. The molecule has 2 rings (SSSR count). The highest BCUT2D eigenvalue weighted by atomic mass is 16.2. The van der Waals surface area contributed by atoms with Crippen LogP contribution >= 0.6 is 0 Å². The maximum absolute atomic E-state index is 12.6. The van der Waals surface area contributed by atoms with Crippen LogP contribution in [0.4, 0.5) is 0 Å². The Bertz CT molecular complexity index is 295. The van der Waals surface area contributed by atoms with Crippen LogP contribution in [0.5, 0.6) is 0 Å². The molecular formula is C15H28N2O. The summed E-state index contributed by atoms with van der Waals surface area (Å²) in [5.41, 5.74) is -0.280. The zero-order valence-corrected chi connectivity index (χ0v) is 12.2. The zero-order valence-electron chi connectivity index (χ0n) is 12.2. The average Bonchev–Trinajstić information content (AvgIpc) is 2.65. The van der Waals surface area contributed by atoms with Gasteiger partial charge in [-0.25, -0.2) is 0 Å². The van der Waals surface area contributed by atoms with Crippen LogP contribution in [0.25, 0.3) is 0 Å². The molecule has 2 saturated heterocycles. The lowest BCUT2D eigenvalue weighted by molar-refractivity contribution is -0.137. The molecule has 0 bridgehead atoms. The molecule has 0 aromatic carbocycles. The highest BCUT2D eigenvalue weighted by Gasteiger charge is 2.39. The molecule has 0 radical (unpaired) electrons. The second-order valence-electron chi connectivity index (χ2n) is 6.59. The fourth-order valence-corrected chi connectivity index (χ4v) is 3.42. The van der Waals surface area contributed by atoms with Crippen molar-refractivity contribution in [1.82, 2.24) is 10.2 Å². The number of nitrogens with zero attached hydrogens (tertiary/aromatic N) is 1. The lowest BCUT2D eigenvalue weighted by atomic mass is 9.89. The van der Waals surface area contributed by atoms with Crippen LogP contribution in [0.1, 0.15) is 52.9 Å². The van der Waals surface area contributed by atoms with Gasteiger partial charge in [0.2, 0.25) is 5.91 Å². The molecule has 2 fully saturated rings. The summed E-state index contributed by atoms with van der Waals surface area (Å²) in [6.45, 7) is 9.60. The Morgan fingerprint density at radius 3 is 2.67 bits per heavy atom. The first-order chi connectivity index (χ1) is 8.53. The topological polar surface area (TPSA) is 32.3 Å². The van der Waals surface area contributed by atoms with E-state index in [1.807, 2.05) is 0 Å². The van der Waals surface area contributed by atoms with Crippen LogP contribution in [0, 0.1) is 11.8 Å². The van der Waals surface area contributed by atoms with E-state index in [0.29, 0.717) is 5.91 Å². The normalized spacial score (nSPS) is 33.8. The smallest absolute Gasteiger partial charge is 0.242 e. The van der Waals surface area contributed by atoms with Crippen LogP contribution in [0.3, 0.4) is 0 Å². The van der Waals surface area contributed by atoms with Crippen molar-refractivity contribution in [3.8, 4) is 0 Å². The number of rotatable bonds is 2. The minimum Gasteiger partial charge on any atom is -0.341 e. The molecule has 2 unspecified atom stereocenters. The molecule has 1 N–H and O–H groups in total. The quantitative estimate of drug-likeness (QED) is 0.818. The predicted octanol–water partition coefficient (Wildman–Crippen LogP) is 2.41. The lowest BCUT2D eigenvalue weighted by Gasteiger charge is -2.31. The minimum atomic E-state index is -0.280. The predicted molar refractivity (Wildman–Crippen MR) is 74.4 cm³/mol. The third kappa shape index (κ3) is 2.87. The fraction of sp³-hybridized carbons (Fsp3) is 0.933. The Kier molecular flexibility index (Phi) is 4.31. The lowest BCUT2D eigenvalue weighted by Crippen LogP contribution is -2.53. The van der Waals surface area contributed by atoms with Crippen LogP contribution in [0.2, 0.25) is 0 Å². The van der Waals surface area contributed by atoms with Crippen molar-refractivity contribution in [2.24, 2.45) is 11.8 Å². The molecule has 3 nitrogen and oxygen atoms in total. The van der Waals surface area contributed by atoms with E-state index >= 15 is 0 Å². The largest absolute Gasteiger partial charge is 0.341 e. The van der Waals surface area contributed by atoms with Gasteiger partial charge in [0.05, 0.1) is 5.54 Å². The van der Waals surface area contributed by atoms with Crippen molar-refractivity contribution in [3.63, 3.8) is 0 Å². The Morgan fingerprint density at radius 1 is 1.28 bits per heavy atom. The van der Waals surface area contributed by atoms with E-state index < -0.39 is 0 Å². The van der Waals surface area contributed by atoms with E-state index in [9.17, 15) is 4.79 Å². The monoisotopic (exact) mass is 252 g/mol. The van der Waals surface area contributed by atoms with Gasteiger partial charge in [-0.05, 0) is 57.4 Å². The van der Waals surface area contributed by atoms with Crippen LogP contribution in [0.15, 0.2) is 0 Å². The summed E-state index contributed by atoms with van der Waals surface area (Å²) >= 11 is 0. The van der Waals surface area contributed by atoms with Crippen molar-refractivity contribution in [2.75, 3.05) is 19.6 Å². The Hall–Kier alpha value is -0.570. The summed E-state index contributed by atoms with van der Waals surface area (Å²) in [5, 5.41) is 3.39. The third-order valence-corrected chi connectivity index (χ3v) is 4.84. The molecule has 2 atom stereocenters. The number of nitrogens with one attached hydrogen (secondary N) is 1. The first-order valence-corrected chi connectivity index (χ1v) is 7.57. The molecule has 104 valence electrons. The van der Waals surface area contributed by atoms with E-state index in [2.05, 4.69) is 31.0 Å². The number of hydrogen-bond donors (Lipinski definition) is 1. The van der Waals surface area contributed by atoms with E-state index in [1.165, 1.54) is 19.3 Å². The van der Waals surface area contributed by atoms with E-state index in [0.717, 1.165) is 44.3 Å². The van der Waals surface area contributed by atoms with Crippen molar-refractivity contribution in [2.45, 2.75) is 58.4 Å². The molecule has 0 aromatic heterocycles. The molecule has 1 amide bonds. The molecule has 18 heavy (non-hydrogen) atoms. The number of hydrogen-bond acceptors (Lipinski definition) is 2. The molecule has 0 saturated carbocycles. The van der Waals surface area contributed by atoms with Gasteiger partial charge >= 0.3 is 0 Å². The van der Waals surface area contributed by atoms with Gasteiger partial charge in [-0.2, -0.15) is 0 Å².